The van der Waals surface area contributed by atoms with Crippen molar-refractivity contribution in [1.29, 1.82) is 0 Å². The molecule has 38 heavy (non-hydrogen) atoms. The minimum absolute atomic E-state index is 0.121. The van der Waals surface area contributed by atoms with Crippen LogP contribution in [0.15, 0.2) is 0 Å². The van der Waals surface area contributed by atoms with Crippen LogP contribution in [-0.4, -0.2) is 164 Å². The quantitative estimate of drug-likeness (QED) is 0.384. The zero-order chi connectivity index (χ0) is 28.8. The Kier molecular flexibility index (Phi) is 17.7. The molecule has 3 rings (SSSR count). The Morgan fingerprint density at radius 1 is 0.447 bits per heavy atom. The Balaban J connectivity index is 0.00000172. The molecule has 7 heteroatoms. The molecule has 0 N–H and O–H groups in total. The maximum atomic E-state index is 2.76. The van der Waals surface area contributed by atoms with Crippen molar-refractivity contribution in [2.75, 3.05) is 124 Å². The predicted molar refractivity (Wildman–Crippen MR) is 174 cm³/mol. The average Bonchev–Trinajstić information content (AvgIpc) is 2.91. The lowest BCUT2D eigenvalue weighted by Crippen LogP contribution is -2.54. The zero-order valence-corrected chi connectivity index (χ0v) is 28.8. The lowest BCUT2D eigenvalue weighted by Gasteiger charge is -2.43. The second kappa shape index (κ2) is 18.6. The molecule has 3 aliphatic rings. The molecule has 0 saturated carbocycles. The summed E-state index contributed by atoms with van der Waals surface area (Å²) in [5.41, 5.74) is 0.635. The van der Waals surface area contributed by atoms with Crippen LogP contribution in [0.25, 0.3) is 0 Å². The molecule has 0 aromatic rings. The van der Waals surface area contributed by atoms with Crippen LogP contribution in [0, 0.1) is 0 Å². The molecule has 3 aliphatic heterocycles. The van der Waals surface area contributed by atoms with Gasteiger partial charge in [-0.1, -0.05) is 27.7 Å². The molecular formula is C31H69N6P. The summed E-state index contributed by atoms with van der Waals surface area (Å²) in [6.07, 6.45) is 4.34. The smallest absolute Gasteiger partial charge is 0.0126 e. The van der Waals surface area contributed by atoms with E-state index in [-0.39, 0.29) is 7.92 Å². The van der Waals surface area contributed by atoms with Gasteiger partial charge in [0.05, 0.1) is 0 Å². The number of nitrogens with zero attached hydrogens (tertiary/aromatic N) is 6. The summed E-state index contributed by atoms with van der Waals surface area (Å²) in [5, 5.41) is 0. The van der Waals surface area contributed by atoms with Gasteiger partial charge in [0.15, 0.2) is 0 Å². The molecule has 3 saturated heterocycles. The summed E-state index contributed by atoms with van der Waals surface area (Å²) < 4.78 is 0. The Morgan fingerprint density at radius 3 is 0.974 bits per heavy atom. The lowest BCUT2D eigenvalue weighted by atomic mass is 10.1. The average molecular weight is 557 g/mol. The van der Waals surface area contributed by atoms with Crippen LogP contribution in [0.5, 0.6) is 0 Å². The number of likely N-dealkylation sites (N-methyl/N-ethyl adjacent to an activating group) is 1. The third-order valence-corrected chi connectivity index (χ3v) is 10.9. The monoisotopic (exact) mass is 557 g/mol. The first-order valence-electron chi connectivity index (χ1n) is 16.1. The van der Waals surface area contributed by atoms with Crippen LogP contribution in [-0.2, 0) is 0 Å². The first-order valence-corrected chi connectivity index (χ1v) is 18.0. The first-order chi connectivity index (χ1) is 18.0. The minimum Gasteiger partial charge on any atom is -0.304 e. The van der Waals surface area contributed by atoms with Gasteiger partial charge in [0.2, 0.25) is 0 Å². The first kappa shape index (κ1) is 36.2. The Morgan fingerprint density at radius 2 is 0.711 bits per heavy atom. The maximum Gasteiger partial charge on any atom is 0.0126 e. The molecule has 0 bridgehead atoms. The molecule has 0 spiro atoms. The van der Waals surface area contributed by atoms with Crippen molar-refractivity contribution in [3.63, 3.8) is 0 Å². The second-order valence-electron chi connectivity index (χ2n) is 13.0. The molecule has 228 valence electrons. The molecule has 0 unspecified atom stereocenters. The number of piperazine rings is 3. The van der Waals surface area contributed by atoms with Crippen molar-refractivity contribution < 1.29 is 0 Å². The van der Waals surface area contributed by atoms with E-state index in [4.69, 9.17) is 0 Å². The van der Waals surface area contributed by atoms with E-state index in [0.29, 0.717) is 11.1 Å². The summed E-state index contributed by atoms with van der Waals surface area (Å²) in [4.78, 5) is 16.1. The molecule has 3 fully saturated rings. The van der Waals surface area contributed by atoms with Gasteiger partial charge in [0.25, 0.3) is 0 Å². The number of rotatable bonds is 9. The van der Waals surface area contributed by atoms with E-state index in [1.807, 2.05) is 27.7 Å². The van der Waals surface area contributed by atoms with Crippen molar-refractivity contribution in [2.24, 2.45) is 0 Å². The highest BCUT2D eigenvalue weighted by atomic mass is 31.1. The standard InChI is InChI=1S/C27H57N6P.2C2H6/c1-26(2,3)32-16-12-30(13-17-32)21-24-34(23-20-29-10-8-28(7)9-11-29)25-22-31-14-18-33(19-15-31)27(4,5)6;2*1-2/h8-25H2,1-7H3;2*1-2H3. The summed E-state index contributed by atoms with van der Waals surface area (Å²) in [5.74, 6) is 0. The molecule has 0 aliphatic carbocycles. The topological polar surface area (TPSA) is 19.4 Å². The number of hydrogen-bond donors (Lipinski definition) is 0. The fourth-order valence-corrected chi connectivity index (χ4v) is 7.91. The van der Waals surface area contributed by atoms with E-state index >= 15 is 0 Å². The SMILES string of the molecule is CC.CC.CN1CCN(CCP(CCN2CCN(C(C)(C)C)CC2)CCN2CCN(C(C)(C)C)CC2)CC1. The third kappa shape index (κ3) is 13.7. The van der Waals surface area contributed by atoms with Gasteiger partial charge in [-0.05, 0) is 67.1 Å². The molecule has 3 heterocycles. The van der Waals surface area contributed by atoms with Crippen molar-refractivity contribution in [3.8, 4) is 0 Å². The van der Waals surface area contributed by atoms with Crippen LogP contribution in [0.1, 0.15) is 69.2 Å². The number of hydrogen-bond acceptors (Lipinski definition) is 6. The van der Waals surface area contributed by atoms with Gasteiger partial charge in [-0.2, -0.15) is 0 Å². The Labute approximate surface area is 241 Å². The maximum absolute atomic E-state index is 2.76. The van der Waals surface area contributed by atoms with Gasteiger partial charge in [0, 0.05) is 109 Å². The lowest BCUT2D eigenvalue weighted by molar-refractivity contribution is 0.0645. The fraction of sp³-hybridized carbons (Fsp3) is 1.00. The molecule has 0 atom stereocenters. The summed E-state index contributed by atoms with van der Waals surface area (Å²) in [6.45, 7) is 41.2. The van der Waals surface area contributed by atoms with Crippen LogP contribution >= 0.6 is 7.92 Å². The molecule has 6 nitrogen and oxygen atoms in total. The van der Waals surface area contributed by atoms with Crippen LogP contribution in [0.3, 0.4) is 0 Å². The van der Waals surface area contributed by atoms with Crippen molar-refractivity contribution in [1.82, 2.24) is 29.4 Å². The summed E-state index contributed by atoms with van der Waals surface area (Å²) >= 11 is 0. The molecule has 0 amide bonds. The second-order valence-corrected chi connectivity index (χ2v) is 15.7. The highest BCUT2D eigenvalue weighted by molar-refractivity contribution is 7.57. The van der Waals surface area contributed by atoms with Crippen molar-refractivity contribution in [2.45, 2.75) is 80.3 Å². The fourth-order valence-electron chi connectivity index (χ4n) is 5.54. The normalized spacial score (nSPS) is 22.1. The van der Waals surface area contributed by atoms with E-state index in [0.717, 1.165) is 0 Å². The van der Waals surface area contributed by atoms with Crippen molar-refractivity contribution in [3.05, 3.63) is 0 Å². The van der Waals surface area contributed by atoms with E-state index in [2.05, 4.69) is 78.0 Å². The van der Waals surface area contributed by atoms with Gasteiger partial charge in [-0.15, -0.1) is 7.92 Å². The van der Waals surface area contributed by atoms with Gasteiger partial charge in [-0.3, -0.25) is 9.80 Å². The van der Waals surface area contributed by atoms with Crippen LogP contribution < -0.4 is 0 Å². The van der Waals surface area contributed by atoms with Gasteiger partial charge in [-0.25, -0.2) is 0 Å². The van der Waals surface area contributed by atoms with E-state index in [1.54, 1.807) is 0 Å². The molecule has 0 aromatic heterocycles. The highest BCUT2D eigenvalue weighted by Gasteiger charge is 2.28. The van der Waals surface area contributed by atoms with E-state index < -0.39 is 0 Å². The Bertz CT molecular complexity index is 528. The Hall–Kier alpha value is 0.190. The summed E-state index contributed by atoms with van der Waals surface area (Å²) in [7, 11) is 2.39. The van der Waals surface area contributed by atoms with E-state index in [9.17, 15) is 0 Å². The van der Waals surface area contributed by atoms with Gasteiger partial charge in [0.1, 0.15) is 0 Å². The largest absolute Gasteiger partial charge is 0.304 e. The van der Waals surface area contributed by atoms with Gasteiger partial charge < -0.3 is 19.6 Å². The molecule has 0 radical (unpaired) electrons. The summed E-state index contributed by atoms with van der Waals surface area (Å²) in [6, 6.07) is 0. The van der Waals surface area contributed by atoms with Gasteiger partial charge >= 0.3 is 0 Å². The van der Waals surface area contributed by atoms with E-state index in [1.165, 1.54) is 117 Å². The van der Waals surface area contributed by atoms with Crippen LogP contribution in [0.2, 0.25) is 0 Å². The third-order valence-electron chi connectivity index (χ3n) is 8.44. The minimum atomic E-state index is 0.121. The molecular weight excluding hydrogens is 487 g/mol. The van der Waals surface area contributed by atoms with Crippen LogP contribution in [0.4, 0.5) is 0 Å². The zero-order valence-electron chi connectivity index (χ0n) is 27.9. The molecule has 0 aromatic carbocycles. The predicted octanol–water partition coefficient (Wildman–Crippen LogP) is 4.60. The van der Waals surface area contributed by atoms with Crippen molar-refractivity contribution >= 4 is 7.92 Å². The highest BCUT2D eigenvalue weighted by Crippen LogP contribution is 2.35.